The van der Waals surface area contributed by atoms with Gasteiger partial charge in [-0.05, 0) is 25.8 Å². The molecule has 0 bridgehead atoms. The Balaban J connectivity index is 1.68. The molecule has 2 aliphatic rings. The average molecular weight is 422 g/mol. The third-order valence-electron chi connectivity index (χ3n) is 5.52. The number of hydrogen-bond acceptors (Lipinski definition) is 7. The highest BCUT2D eigenvalue weighted by Crippen LogP contribution is 2.26. The smallest absolute Gasteiger partial charge is 0.223 e. The van der Waals surface area contributed by atoms with Crippen molar-refractivity contribution in [3.8, 4) is 11.8 Å². The van der Waals surface area contributed by atoms with Crippen LogP contribution in [-0.4, -0.2) is 71.1 Å². The quantitative estimate of drug-likeness (QED) is 0.504. The lowest BCUT2D eigenvalue weighted by Gasteiger charge is -2.34. The zero-order valence-corrected chi connectivity index (χ0v) is 17.6. The fraction of sp³-hybridized carbons (Fsp3) is 0.455. The minimum absolute atomic E-state index is 0.159. The Morgan fingerprint density at radius 3 is 3.06 bits per heavy atom. The van der Waals surface area contributed by atoms with Gasteiger partial charge in [0.25, 0.3) is 0 Å². The molecule has 1 atom stereocenters. The fourth-order valence-electron chi connectivity index (χ4n) is 3.81. The molecule has 9 heteroatoms. The number of morpholine rings is 1. The molecule has 162 valence electrons. The number of hydrogen-bond donors (Lipinski definition) is 3. The van der Waals surface area contributed by atoms with Crippen LogP contribution in [0.5, 0.6) is 0 Å². The van der Waals surface area contributed by atoms with Gasteiger partial charge in [-0.1, -0.05) is 11.8 Å². The minimum atomic E-state index is 0.159. The van der Waals surface area contributed by atoms with E-state index in [-0.39, 0.29) is 11.9 Å². The van der Waals surface area contributed by atoms with Crippen molar-refractivity contribution < 1.29 is 9.53 Å². The summed E-state index contributed by atoms with van der Waals surface area (Å²) in [5.74, 6) is 8.48. The van der Waals surface area contributed by atoms with Crippen molar-refractivity contribution in [2.45, 2.75) is 32.2 Å². The van der Waals surface area contributed by atoms with E-state index in [9.17, 15) is 4.79 Å². The molecule has 2 aromatic rings. The van der Waals surface area contributed by atoms with Gasteiger partial charge in [0.1, 0.15) is 17.5 Å². The van der Waals surface area contributed by atoms with Crippen molar-refractivity contribution in [3.63, 3.8) is 0 Å². The van der Waals surface area contributed by atoms with Crippen LogP contribution in [0.25, 0.3) is 0 Å². The number of pyridine rings is 1. The second-order valence-corrected chi connectivity index (χ2v) is 7.72. The van der Waals surface area contributed by atoms with E-state index in [4.69, 9.17) is 15.1 Å². The summed E-state index contributed by atoms with van der Waals surface area (Å²) in [7, 11) is 0. The number of H-pyrrole nitrogens is 1. The molecule has 2 fully saturated rings. The summed E-state index contributed by atoms with van der Waals surface area (Å²) < 4.78 is 5.57. The van der Waals surface area contributed by atoms with Gasteiger partial charge in [-0.15, -0.1) is 0 Å². The minimum Gasteiger partial charge on any atom is -0.377 e. The molecule has 0 saturated carbocycles. The van der Waals surface area contributed by atoms with Crippen LogP contribution in [-0.2, 0) is 9.53 Å². The van der Waals surface area contributed by atoms with Gasteiger partial charge in [0.05, 0.1) is 37.6 Å². The predicted octanol–water partition coefficient (Wildman–Crippen LogP) is 2.14. The van der Waals surface area contributed by atoms with Gasteiger partial charge in [-0.25, -0.2) is 4.98 Å². The monoisotopic (exact) mass is 421 g/mol. The Morgan fingerprint density at radius 1 is 1.42 bits per heavy atom. The fourth-order valence-corrected chi connectivity index (χ4v) is 3.81. The van der Waals surface area contributed by atoms with Crippen LogP contribution >= 0.6 is 0 Å². The van der Waals surface area contributed by atoms with E-state index in [1.807, 2.05) is 6.07 Å². The number of likely N-dealkylation sites (tertiary alicyclic amines) is 1. The van der Waals surface area contributed by atoms with Gasteiger partial charge in [-0.2, -0.15) is 5.10 Å². The molecular weight excluding hydrogens is 394 g/mol. The zero-order valence-electron chi connectivity index (χ0n) is 17.6. The van der Waals surface area contributed by atoms with Gasteiger partial charge >= 0.3 is 0 Å². The number of piperidine rings is 1. The van der Waals surface area contributed by atoms with Crippen LogP contribution in [0.3, 0.4) is 0 Å². The van der Waals surface area contributed by atoms with E-state index in [0.717, 1.165) is 31.7 Å². The second-order valence-electron chi connectivity index (χ2n) is 7.72. The Labute approximate surface area is 181 Å². The maximum Gasteiger partial charge on any atom is 0.223 e. The van der Waals surface area contributed by atoms with Crippen LogP contribution in [0.4, 0.5) is 17.5 Å². The number of nitrogens with zero attached hydrogens (tertiary/aromatic N) is 4. The van der Waals surface area contributed by atoms with E-state index in [1.54, 1.807) is 17.2 Å². The molecule has 4 rings (SSSR count). The summed E-state index contributed by atoms with van der Waals surface area (Å²) in [5, 5.41) is 18.0. The first-order chi connectivity index (χ1) is 15.2. The molecule has 4 heterocycles. The zero-order chi connectivity index (χ0) is 21.6. The summed E-state index contributed by atoms with van der Waals surface area (Å²) in [4.78, 5) is 20.8. The molecule has 2 aromatic heterocycles. The Kier molecular flexibility index (Phi) is 6.48. The largest absolute Gasteiger partial charge is 0.377 e. The topological polar surface area (TPSA) is 110 Å². The molecule has 9 nitrogen and oxygen atoms in total. The molecule has 31 heavy (non-hydrogen) atoms. The number of rotatable bonds is 5. The van der Waals surface area contributed by atoms with Crippen molar-refractivity contribution in [1.29, 1.82) is 5.41 Å². The second kappa shape index (κ2) is 9.62. The summed E-state index contributed by atoms with van der Waals surface area (Å²) in [6.45, 7) is 5.25. The summed E-state index contributed by atoms with van der Waals surface area (Å²) in [5.41, 5.74) is 1.29. The lowest BCUT2D eigenvalue weighted by Crippen LogP contribution is -2.44. The third-order valence-corrected chi connectivity index (χ3v) is 5.52. The van der Waals surface area contributed by atoms with Crippen molar-refractivity contribution in [3.05, 3.63) is 29.5 Å². The summed E-state index contributed by atoms with van der Waals surface area (Å²) in [6, 6.07) is 3.90. The standard InChI is InChI=1S/C22H27N7O2/c1-16-15-31-12-11-29(16)20-13-17(5-4-10-28-9-3-2-6-21(28)30)18(14-23)22(26-20)25-19-7-8-24-27-19/h7-8,13-14,16,23H,2-3,6,9-12,15H2,1H3,(H2,24,25,26,27)/t16-/m1/s1. The number of aromatic amines is 1. The van der Waals surface area contributed by atoms with Crippen LogP contribution in [0.1, 0.15) is 37.3 Å². The van der Waals surface area contributed by atoms with Crippen molar-refractivity contribution in [2.24, 2.45) is 0 Å². The molecule has 0 radical (unpaired) electrons. The molecule has 2 aliphatic heterocycles. The first kappa shape index (κ1) is 20.9. The lowest BCUT2D eigenvalue weighted by molar-refractivity contribution is -0.132. The Hall–Kier alpha value is -3.38. The number of ether oxygens (including phenoxy) is 1. The number of carbonyl (C=O) groups is 1. The van der Waals surface area contributed by atoms with Crippen molar-refractivity contribution in [1.82, 2.24) is 20.1 Å². The summed E-state index contributed by atoms with van der Waals surface area (Å²) in [6.07, 6.45) is 5.48. The molecule has 0 aliphatic carbocycles. The highest BCUT2D eigenvalue weighted by Gasteiger charge is 2.23. The van der Waals surface area contributed by atoms with E-state index >= 15 is 0 Å². The molecule has 1 amide bonds. The third kappa shape index (κ3) is 4.86. The number of aromatic nitrogens is 3. The van der Waals surface area contributed by atoms with E-state index in [2.05, 4.69) is 39.2 Å². The predicted molar refractivity (Wildman–Crippen MR) is 119 cm³/mol. The number of carbonyl (C=O) groups excluding carboxylic acids is 1. The molecular formula is C22H27N7O2. The van der Waals surface area contributed by atoms with Gasteiger partial charge in [0, 0.05) is 37.4 Å². The van der Waals surface area contributed by atoms with Crippen LogP contribution < -0.4 is 10.2 Å². The number of nitrogens with one attached hydrogen (secondary N) is 3. The SMILES string of the molecule is C[C@@H]1COCCN1c1cc(C#CCN2CCCCC2=O)c(C=N)c(Nc2ccn[nH]2)n1. The first-order valence-electron chi connectivity index (χ1n) is 10.6. The van der Waals surface area contributed by atoms with Crippen LogP contribution in [0.2, 0.25) is 0 Å². The van der Waals surface area contributed by atoms with Crippen LogP contribution in [0, 0.1) is 17.3 Å². The molecule has 2 saturated heterocycles. The van der Waals surface area contributed by atoms with Gasteiger partial charge in [0.2, 0.25) is 5.91 Å². The van der Waals surface area contributed by atoms with Gasteiger partial charge in [0.15, 0.2) is 0 Å². The maximum absolute atomic E-state index is 12.1. The lowest BCUT2D eigenvalue weighted by atomic mass is 10.1. The first-order valence-corrected chi connectivity index (χ1v) is 10.6. The normalized spacial score (nSPS) is 19.0. The van der Waals surface area contributed by atoms with Gasteiger partial charge in [-0.3, -0.25) is 9.89 Å². The summed E-state index contributed by atoms with van der Waals surface area (Å²) >= 11 is 0. The van der Waals surface area contributed by atoms with Crippen molar-refractivity contribution in [2.75, 3.05) is 43.1 Å². The highest BCUT2D eigenvalue weighted by molar-refractivity contribution is 5.90. The maximum atomic E-state index is 12.1. The molecule has 0 unspecified atom stereocenters. The Bertz CT molecular complexity index is 993. The number of amides is 1. The van der Waals surface area contributed by atoms with E-state index in [0.29, 0.717) is 48.9 Å². The highest BCUT2D eigenvalue weighted by atomic mass is 16.5. The number of anilines is 3. The van der Waals surface area contributed by atoms with E-state index in [1.165, 1.54) is 6.21 Å². The van der Waals surface area contributed by atoms with E-state index < -0.39 is 0 Å². The molecule has 0 spiro atoms. The Morgan fingerprint density at radius 2 is 2.32 bits per heavy atom. The molecule has 3 N–H and O–H groups in total. The average Bonchev–Trinajstić information content (AvgIpc) is 3.28. The van der Waals surface area contributed by atoms with Crippen molar-refractivity contribution >= 4 is 29.6 Å². The van der Waals surface area contributed by atoms with Gasteiger partial charge < -0.3 is 25.3 Å². The van der Waals surface area contributed by atoms with Crippen LogP contribution in [0.15, 0.2) is 18.3 Å². The molecule has 0 aromatic carbocycles.